The van der Waals surface area contributed by atoms with Crippen molar-refractivity contribution in [3.63, 3.8) is 0 Å². The molecule has 0 unspecified atom stereocenters. The van der Waals surface area contributed by atoms with Gasteiger partial charge in [0.1, 0.15) is 0 Å². The van der Waals surface area contributed by atoms with Crippen LogP contribution in [0.3, 0.4) is 0 Å². The summed E-state index contributed by atoms with van der Waals surface area (Å²) in [5, 5.41) is 9.53. The number of carbonyl (C=O) groups excluding carboxylic acids is 2. The number of rotatable bonds is 4. The third-order valence-corrected chi connectivity index (χ3v) is 2.28. The second kappa shape index (κ2) is 5.68. The Morgan fingerprint density at radius 2 is 1.62 bits per heavy atom. The van der Waals surface area contributed by atoms with Crippen molar-refractivity contribution in [1.29, 1.82) is 0 Å². The smallest absolute Gasteiger partial charge is 0.288 e. The molecule has 0 aliphatic carbocycles. The Bertz CT molecular complexity index is 296. The summed E-state index contributed by atoms with van der Waals surface area (Å²) >= 11 is 0. The number of nitrogens with zero attached hydrogens (tertiary/aromatic N) is 1. The van der Waals surface area contributed by atoms with E-state index >= 15 is 0 Å². The Kier molecular flexibility index (Phi) is 5.21. The number of aliphatic hydroxyl groups is 1. The van der Waals surface area contributed by atoms with Crippen molar-refractivity contribution in [2.45, 2.75) is 34.6 Å². The molecule has 0 aliphatic rings. The van der Waals surface area contributed by atoms with E-state index in [1.807, 2.05) is 13.8 Å². The van der Waals surface area contributed by atoms with E-state index < -0.39 is 17.1 Å². The molecular formula is C12H21NO3. The molecule has 0 heterocycles. The molecule has 0 saturated carbocycles. The first-order valence-corrected chi connectivity index (χ1v) is 5.48. The lowest BCUT2D eigenvalue weighted by molar-refractivity contribution is -0.130. The molecule has 0 saturated heterocycles. The number of hydrogen-bond acceptors (Lipinski definition) is 3. The van der Waals surface area contributed by atoms with Gasteiger partial charge in [-0.1, -0.05) is 20.8 Å². The van der Waals surface area contributed by atoms with Crippen molar-refractivity contribution in [1.82, 2.24) is 4.90 Å². The zero-order valence-electron chi connectivity index (χ0n) is 10.7. The molecule has 0 aliphatic heterocycles. The third kappa shape index (κ3) is 4.04. The van der Waals surface area contributed by atoms with E-state index in [1.165, 1.54) is 4.90 Å². The van der Waals surface area contributed by atoms with E-state index in [0.717, 1.165) is 6.08 Å². The number of likely N-dealkylation sites (N-methyl/N-ethyl adjacent to an activating group) is 1. The number of amides is 1. The average molecular weight is 227 g/mol. The molecule has 4 nitrogen and oxygen atoms in total. The van der Waals surface area contributed by atoms with Crippen LogP contribution in [-0.4, -0.2) is 34.8 Å². The van der Waals surface area contributed by atoms with Gasteiger partial charge in [0.25, 0.3) is 5.91 Å². The van der Waals surface area contributed by atoms with E-state index in [0.29, 0.717) is 13.1 Å². The minimum atomic E-state index is -0.586. The summed E-state index contributed by atoms with van der Waals surface area (Å²) in [7, 11) is 0. The maximum Gasteiger partial charge on any atom is 0.288 e. The summed E-state index contributed by atoms with van der Waals surface area (Å²) in [6.45, 7) is 9.87. The lowest BCUT2D eigenvalue weighted by Gasteiger charge is -2.18. The topological polar surface area (TPSA) is 57.6 Å². The normalized spacial score (nSPS) is 12.4. The van der Waals surface area contributed by atoms with Crippen LogP contribution in [0.4, 0.5) is 0 Å². The first-order valence-electron chi connectivity index (χ1n) is 5.48. The van der Waals surface area contributed by atoms with Gasteiger partial charge in [-0.3, -0.25) is 9.59 Å². The second-order valence-corrected chi connectivity index (χ2v) is 4.62. The van der Waals surface area contributed by atoms with Crippen LogP contribution >= 0.6 is 0 Å². The molecule has 0 radical (unpaired) electrons. The molecule has 0 aromatic rings. The highest BCUT2D eigenvalue weighted by molar-refractivity contribution is 6.01. The number of carbonyl (C=O) groups is 2. The molecule has 92 valence electrons. The van der Waals surface area contributed by atoms with Crippen LogP contribution in [0, 0.1) is 5.41 Å². The molecular weight excluding hydrogens is 206 g/mol. The Morgan fingerprint density at radius 3 is 1.94 bits per heavy atom. The van der Waals surface area contributed by atoms with Crippen molar-refractivity contribution in [3.05, 3.63) is 11.8 Å². The lowest BCUT2D eigenvalue weighted by Crippen LogP contribution is -2.32. The lowest BCUT2D eigenvalue weighted by atomic mass is 9.90. The highest BCUT2D eigenvalue weighted by Crippen LogP contribution is 2.16. The fourth-order valence-corrected chi connectivity index (χ4v) is 1.08. The first kappa shape index (κ1) is 14.7. The Balaban J connectivity index is 4.80. The standard InChI is InChI=1S/C12H21NO3/c1-6-13(7-2)11(16)9(14)8-10(15)12(3,4)5/h8,14H,6-7H2,1-5H3. The van der Waals surface area contributed by atoms with Crippen LogP contribution in [-0.2, 0) is 9.59 Å². The predicted molar refractivity (Wildman–Crippen MR) is 63.1 cm³/mol. The van der Waals surface area contributed by atoms with Crippen LogP contribution in [0.2, 0.25) is 0 Å². The van der Waals surface area contributed by atoms with Gasteiger partial charge in [0.05, 0.1) is 0 Å². The molecule has 0 fully saturated rings. The molecule has 0 atom stereocenters. The highest BCUT2D eigenvalue weighted by Gasteiger charge is 2.22. The largest absolute Gasteiger partial charge is 0.503 e. The zero-order chi connectivity index (χ0) is 12.9. The number of hydrogen-bond donors (Lipinski definition) is 1. The van der Waals surface area contributed by atoms with Gasteiger partial charge in [0, 0.05) is 24.6 Å². The Hall–Kier alpha value is -1.32. The predicted octanol–water partition coefficient (Wildman–Crippen LogP) is 1.91. The SMILES string of the molecule is CCN(CC)C(=O)C(O)=CC(=O)C(C)(C)C. The van der Waals surface area contributed by atoms with Gasteiger partial charge in [0.2, 0.25) is 0 Å². The molecule has 1 N–H and O–H groups in total. The van der Waals surface area contributed by atoms with Gasteiger partial charge < -0.3 is 10.0 Å². The van der Waals surface area contributed by atoms with Crippen LogP contribution in [0.15, 0.2) is 11.8 Å². The number of aliphatic hydroxyl groups excluding tert-OH is 1. The van der Waals surface area contributed by atoms with Gasteiger partial charge in [-0.15, -0.1) is 0 Å². The van der Waals surface area contributed by atoms with E-state index in [4.69, 9.17) is 0 Å². The number of allylic oxidation sites excluding steroid dienone is 1. The van der Waals surface area contributed by atoms with Gasteiger partial charge >= 0.3 is 0 Å². The van der Waals surface area contributed by atoms with Crippen molar-refractivity contribution < 1.29 is 14.7 Å². The van der Waals surface area contributed by atoms with Gasteiger partial charge in [-0.25, -0.2) is 0 Å². The molecule has 4 heteroatoms. The second-order valence-electron chi connectivity index (χ2n) is 4.62. The number of ketones is 1. The zero-order valence-corrected chi connectivity index (χ0v) is 10.7. The summed E-state index contributed by atoms with van der Waals surface area (Å²) in [6, 6.07) is 0. The molecule has 1 amide bonds. The minimum Gasteiger partial charge on any atom is -0.503 e. The van der Waals surface area contributed by atoms with E-state index in [9.17, 15) is 14.7 Å². The van der Waals surface area contributed by atoms with Gasteiger partial charge in [-0.05, 0) is 13.8 Å². The molecule has 16 heavy (non-hydrogen) atoms. The van der Waals surface area contributed by atoms with Gasteiger partial charge in [0.15, 0.2) is 11.5 Å². The molecule has 0 aromatic carbocycles. The van der Waals surface area contributed by atoms with E-state index in [1.54, 1.807) is 20.8 Å². The summed E-state index contributed by atoms with van der Waals surface area (Å²) in [4.78, 5) is 24.7. The summed E-state index contributed by atoms with van der Waals surface area (Å²) in [5.41, 5.74) is -0.586. The molecule has 0 rings (SSSR count). The summed E-state index contributed by atoms with van der Waals surface area (Å²) < 4.78 is 0. The van der Waals surface area contributed by atoms with Crippen LogP contribution in [0.5, 0.6) is 0 Å². The Labute approximate surface area is 96.9 Å². The fraction of sp³-hybridized carbons (Fsp3) is 0.667. The van der Waals surface area contributed by atoms with Crippen molar-refractivity contribution in [2.24, 2.45) is 5.41 Å². The van der Waals surface area contributed by atoms with Crippen LogP contribution in [0.25, 0.3) is 0 Å². The average Bonchev–Trinajstić information content (AvgIpc) is 2.17. The quantitative estimate of drug-likeness (QED) is 0.589. The molecule has 0 bridgehead atoms. The third-order valence-electron chi connectivity index (χ3n) is 2.28. The first-order chi connectivity index (χ1) is 7.23. The minimum absolute atomic E-state index is 0.259. The van der Waals surface area contributed by atoms with Crippen LogP contribution in [0.1, 0.15) is 34.6 Å². The van der Waals surface area contributed by atoms with Crippen molar-refractivity contribution in [3.8, 4) is 0 Å². The summed E-state index contributed by atoms with van der Waals surface area (Å²) in [6.07, 6.45) is 1.01. The highest BCUT2D eigenvalue weighted by atomic mass is 16.3. The van der Waals surface area contributed by atoms with E-state index in [2.05, 4.69) is 0 Å². The molecule has 0 aromatic heterocycles. The van der Waals surface area contributed by atoms with E-state index in [-0.39, 0.29) is 5.78 Å². The Morgan fingerprint density at radius 1 is 1.19 bits per heavy atom. The fourth-order valence-electron chi connectivity index (χ4n) is 1.08. The summed E-state index contributed by atoms with van der Waals surface area (Å²) in [5.74, 6) is -1.24. The molecule has 0 spiro atoms. The maximum absolute atomic E-state index is 11.6. The maximum atomic E-state index is 11.6. The van der Waals surface area contributed by atoms with Crippen molar-refractivity contribution in [2.75, 3.05) is 13.1 Å². The van der Waals surface area contributed by atoms with Gasteiger partial charge in [-0.2, -0.15) is 0 Å². The monoisotopic (exact) mass is 227 g/mol. The van der Waals surface area contributed by atoms with Crippen LogP contribution < -0.4 is 0 Å². The van der Waals surface area contributed by atoms with Crippen molar-refractivity contribution >= 4 is 11.7 Å².